The van der Waals surface area contributed by atoms with Gasteiger partial charge in [0.2, 0.25) is 0 Å². The maximum atomic E-state index is 5.92. The average Bonchev–Trinajstić information content (AvgIpc) is 2.39. The second kappa shape index (κ2) is 4.49. The quantitative estimate of drug-likeness (QED) is 0.720. The van der Waals surface area contributed by atoms with Crippen molar-refractivity contribution >= 4 is 0 Å². The Balaban J connectivity index is 2.23. The summed E-state index contributed by atoms with van der Waals surface area (Å²) in [4.78, 5) is 0. The van der Waals surface area contributed by atoms with Crippen molar-refractivity contribution < 1.29 is 4.74 Å². The first-order chi connectivity index (χ1) is 8.77. The highest BCUT2D eigenvalue weighted by Crippen LogP contribution is 2.38. The van der Waals surface area contributed by atoms with Crippen LogP contribution in [0.4, 0.5) is 0 Å². The van der Waals surface area contributed by atoms with Crippen molar-refractivity contribution in [2.24, 2.45) is 0 Å². The molecular weight excluding hydrogens is 220 g/mol. The Labute approximate surface area is 108 Å². The van der Waals surface area contributed by atoms with E-state index in [4.69, 9.17) is 4.74 Å². The molecule has 0 radical (unpaired) electrons. The zero-order valence-corrected chi connectivity index (χ0v) is 11.0. The van der Waals surface area contributed by atoms with Crippen LogP contribution in [0.3, 0.4) is 0 Å². The predicted molar refractivity (Wildman–Crippen MR) is 75.2 cm³/mol. The van der Waals surface area contributed by atoms with Crippen LogP contribution in [0.1, 0.15) is 23.1 Å². The lowest BCUT2D eigenvalue weighted by Gasteiger charge is -2.22. The lowest BCUT2D eigenvalue weighted by Crippen LogP contribution is -2.09. The Morgan fingerprint density at radius 1 is 0.944 bits per heavy atom. The summed E-state index contributed by atoms with van der Waals surface area (Å²) in [5, 5.41) is 0. The van der Waals surface area contributed by atoms with E-state index in [0.29, 0.717) is 0 Å². The van der Waals surface area contributed by atoms with Gasteiger partial charge in [0.15, 0.2) is 0 Å². The number of hydrogen-bond donors (Lipinski definition) is 0. The van der Waals surface area contributed by atoms with E-state index >= 15 is 0 Å². The van der Waals surface area contributed by atoms with E-state index in [2.05, 4.69) is 50.2 Å². The number of aryl methyl sites for hydroxylation is 3. The highest BCUT2D eigenvalue weighted by Gasteiger charge is 2.17. The Kier molecular flexibility index (Phi) is 2.83. The number of benzene rings is 2. The minimum atomic E-state index is 0.842. The summed E-state index contributed by atoms with van der Waals surface area (Å²) in [5.41, 5.74) is 6.57. The lowest BCUT2D eigenvalue weighted by molar-refractivity contribution is 0.289. The maximum absolute atomic E-state index is 5.92. The molecule has 0 fully saturated rings. The van der Waals surface area contributed by atoms with Gasteiger partial charge in [0, 0.05) is 5.56 Å². The zero-order chi connectivity index (χ0) is 12.5. The number of rotatable bonds is 1. The summed E-state index contributed by atoms with van der Waals surface area (Å²) >= 11 is 0. The standard InChI is InChI=1S/C17H18O/c1-12-6-3-7-13(2)16(12)15-10-4-8-14-9-5-11-18-17(14)15/h3-4,6-8,10H,5,9,11H2,1-2H3. The van der Waals surface area contributed by atoms with Crippen molar-refractivity contribution in [3.8, 4) is 16.9 Å². The molecule has 0 bridgehead atoms. The first-order valence-corrected chi connectivity index (χ1v) is 6.58. The van der Waals surface area contributed by atoms with Crippen molar-refractivity contribution in [2.75, 3.05) is 6.61 Å². The molecule has 18 heavy (non-hydrogen) atoms. The van der Waals surface area contributed by atoms with E-state index in [-0.39, 0.29) is 0 Å². The van der Waals surface area contributed by atoms with Crippen LogP contribution in [-0.4, -0.2) is 6.61 Å². The van der Waals surface area contributed by atoms with Crippen molar-refractivity contribution in [3.63, 3.8) is 0 Å². The normalized spacial score (nSPS) is 13.9. The van der Waals surface area contributed by atoms with Gasteiger partial charge in [0.05, 0.1) is 6.61 Å². The maximum Gasteiger partial charge on any atom is 0.130 e. The third-order valence-corrected chi connectivity index (χ3v) is 3.68. The smallest absolute Gasteiger partial charge is 0.130 e. The number of fused-ring (bicyclic) bond motifs is 1. The van der Waals surface area contributed by atoms with Gasteiger partial charge in [-0.15, -0.1) is 0 Å². The second-order valence-corrected chi connectivity index (χ2v) is 5.01. The van der Waals surface area contributed by atoms with Gasteiger partial charge in [-0.2, -0.15) is 0 Å². The van der Waals surface area contributed by atoms with Crippen LogP contribution in [0.25, 0.3) is 11.1 Å². The summed E-state index contributed by atoms with van der Waals surface area (Å²) in [7, 11) is 0. The fraction of sp³-hybridized carbons (Fsp3) is 0.294. The third-order valence-electron chi connectivity index (χ3n) is 3.68. The molecule has 0 atom stereocenters. The molecule has 1 aliphatic heterocycles. The van der Waals surface area contributed by atoms with Crippen LogP contribution < -0.4 is 4.74 Å². The minimum Gasteiger partial charge on any atom is -0.493 e. The summed E-state index contributed by atoms with van der Waals surface area (Å²) in [6, 6.07) is 13.0. The molecule has 0 spiro atoms. The van der Waals surface area contributed by atoms with Crippen molar-refractivity contribution in [2.45, 2.75) is 26.7 Å². The molecule has 0 saturated heterocycles. The van der Waals surface area contributed by atoms with Crippen LogP contribution in [0, 0.1) is 13.8 Å². The molecule has 1 heterocycles. The molecule has 92 valence electrons. The predicted octanol–water partition coefficient (Wildman–Crippen LogP) is 4.30. The summed E-state index contributed by atoms with van der Waals surface area (Å²) in [6.07, 6.45) is 2.26. The van der Waals surface area contributed by atoms with Gasteiger partial charge in [-0.25, -0.2) is 0 Å². The first-order valence-electron chi connectivity index (χ1n) is 6.58. The van der Waals surface area contributed by atoms with Gasteiger partial charge in [-0.3, -0.25) is 0 Å². The summed E-state index contributed by atoms with van der Waals surface area (Å²) in [6.45, 7) is 5.18. The summed E-state index contributed by atoms with van der Waals surface area (Å²) in [5.74, 6) is 1.10. The third kappa shape index (κ3) is 1.80. The fourth-order valence-corrected chi connectivity index (χ4v) is 2.83. The molecule has 0 saturated carbocycles. The van der Waals surface area contributed by atoms with Crippen LogP contribution >= 0.6 is 0 Å². The Morgan fingerprint density at radius 3 is 2.44 bits per heavy atom. The highest BCUT2D eigenvalue weighted by molar-refractivity contribution is 5.77. The topological polar surface area (TPSA) is 9.23 Å². The number of hydrogen-bond acceptors (Lipinski definition) is 1. The van der Waals surface area contributed by atoms with E-state index < -0.39 is 0 Å². The zero-order valence-electron chi connectivity index (χ0n) is 11.0. The van der Waals surface area contributed by atoms with Crippen molar-refractivity contribution in [1.82, 2.24) is 0 Å². The van der Waals surface area contributed by atoms with Gasteiger partial charge >= 0.3 is 0 Å². The molecule has 0 amide bonds. The second-order valence-electron chi connectivity index (χ2n) is 5.01. The monoisotopic (exact) mass is 238 g/mol. The molecule has 0 aliphatic carbocycles. The van der Waals surface area contributed by atoms with Gasteiger partial charge < -0.3 is 4.74 Å². The van der Waals surface area contributed by atoms with Gasteiger partial charge in [0.1, 0.15) is 5.75 Å². The van der Waals surface area contributed by atoms with Gasteiger partial charge in [0.25, 0.3) is 0 Å². The van der Waals surface area contributed by atoms with E-state index in [1.807, 2.05) is 0 Å². The molecule has 1 nitrogen and oxygen atoms in total. The van der Waals surface area contributed by atoms with E-state index in [9.17, 15) is 0 Å². The van der Waals surface area contributed by atoms with E-state index in [0.717, 1.165) is 25.2 Å². The van der Waals surface area contributed by atoms with Crippen molar-refractivity contribution in [3.05, 3.63) is 53.1 Å². The molecule has 3 rings (SSSR count). The summed E-state index contributed by atoms with van der Waals surface area (Å²) < 4.78 is 5.92. The van der Waals surface area contributed by atoms with Gasteiger partial charge in [-0.05, 0) is 48.9 Å². The molecule has 1 heteroatoms. The lowest BCUT2D eigenvalue weighted by atomic mass is 9.92. The number of para-hydroxylation sites is 1. The van der Waals surface area contributed by atoms with Gasteiger partial charge in [-0.1, -0.05) is 36.4 Å². The number of ether oxygens (including phenoxy) is 1. The molecule has 0 aromatic heterocycles. The SMILES string of the molecule is Cc1cccc(C)c1-c1cccc2c1OCCC2. The highest BCUT2D eigenvalue weighted by atomic mass is 16.5. The van der Waals surface area contributed by atoms with Crippen LogP contribution in [0.5, 0.6) is 5.75 Å². The molecular formula is C17H18O. The minimum absolute atomic E-state index is 0.842. The van der Waals surface area contributed by atoms with E-state index in [1.165, 1.54) is 27.8 Å². The molecule has 2 aromatic carbocycles. The van der Waals surface area contributed by atoms with E-state index in [1.54, 1.807) is 0 Å². The van der Waals surface area contributed by atoms with Crippen LogP contribution in [0.2, 0.25) is 0 Å². The molecule has 1 aliphatic rings. The molecule has 0 N–H and O–H groups in total. The Bertz CT molecular complexity index is 564. The Hall–Kier alpha value is -1.76. The average molecular weight is 238 g/mol. The van der Waals surface area contributed by atoms with Crippen LogP contribution in [-0.2, 0) is 6.42 Å². The largest absolute Gasteiger partial charge is 0.493 e. The first kappa shape index (κ1) is 11.3. The van der Waals surface area contributed by atoms with Crippen LogP contribution in [0.15, 0.2) is 36.4 Å². The fourth-order valence-electron chi connectivity index (χ4n) is 2.83. The molecule has 2 aromatic rings. The van der Waals surface area contributed by atoms with Crippen molar-refractivity contribution in [1.29, 1.82) is 0 Å². The Morgan fingerprint density at radius 2 is 1.67 bits per heavy atom. The molecule has 0 unspecified atom stereocenters.